The van der Waals surface area contributed by atoms with E-state index in [-0.39, 0.29) is 11.3 Å². The van der Waals surface area contributed by atoms with Crippen LogP contribution in [0.3, 0.4) is 0 Å². The number of hydrogen-bond acceptors (Lipinski definition) is 3. The second-order valence-corrected chi connectivity index (χ2v) is 6.78. The zero-order valence-electron chi connectivity index (χ0n) is 14.6. The molecule has 3 rings (SSSR count). The van der Waals surface area contributed by atoms with Crippen molar-refractivity contribution in [3.8, 4) is 28.2 Å². The third kappa shape index (κ3) is 3.08. The Morgan fingerprint density at radius 1 is 0.920 bits per heavy atom. The molecule has 0 bridgehead atoms. The van der Waals surface area contributed by atoms with Crippen LogP contribution in [0, 0.1) is 27.7 Å². The monoisotopic (exact) mass is 354 g/mol. The van der Waals surface area contributed by atoms with Crippen LogP contribution in [-0.4, -0.2) is 5.11 Å². The Bertz CT molecular complexity index is 992. The van der Waals surface area contributed by atoms with Gasteiger partial charge in [0.25, 0.3) is 0 Å². The Balaban J connectivity index is 2.27. The van der Waals surface area contributed by atoms with Crippen LogP contribution >= 0.6 is 11.6 Å². The van der Waals surface area contributed by atoms with Gasteiger partial charge in [0.15, 0.2) is 0 Å². The molecule has 3 nitrogen and oxygen atoms in total. The van der Waals surface area contributed by atoms with Gasteiger partial charge in [0, 0.05) is 16.1 Å². The highest BCUT2D eigenvalue weighted by atomic mass is 35.5. The van der Waals surface area contributed by atoms with Gasteiger partial charge >= 0.3 is 5.63 Å². The second kappa shape index (κ2) is 6.41. The smallest absolute Gasteiger partial charge is 0.348 e. The number of halogens is 1. The predicted octanol–water partition coefficient (Wildman–Crippen LogP) is 5.57. The summed E-state index contributed by atoms with van der Waals surface area (Å²) in [4.78, 5) is 12.7. The van der Waals surface area contributed by atoms with E-state index in [1.54, 1.807) is 31.2 Å². The largest absolute Gasteiger partial charge is 0.507 e. The number of hydrogen-bond donors (Lipinski definition) is 1. The maximum absolute atomic E-state index is 12.7. The average Bonchev–Trinajstić information content (AvgIpc) is 2.54. The van der Waals surface area contributed by atoms with Gasteiger partial charge in [-0.05, 0) is 68.7 Å². The molecule has 0 saturated carbocycles. The van der Waals surface area contributed by atoms with Crippen molar-refractivity contribution in [2.45, 2.75) is 27.7 Å². The molecule has 1 N–H and O–H groups in total. The summed E-state index contributed by atoms with van der Waals surface area (Å²) in [6.45, 7) is 7.60. The summed E-state index contributed by atoms with van der Waals surface area (Å²) in [5.41, 5.74) is 4.57. The Kier molecular flexibility index (Phi) is 4.44. The summed E-state index contributed by atoms with van der Waals surface area (Å²) in [5.74, 6) is 0.307. The maximum atomic E-state index is 12.7. The Labute approximate surface area is 151 Å². The van der Waals surface area contributed by atoms with Crippen molar-refractivity contribution in [3.63, 3.8) is 0 Å². The molecule has 0 unspecified atom stereocenters. The third-order valence-electron chi connectivity index (χ3n) is 4.36. The Hall–Kier alpha value is -2.52. The van der Waals surface area contributed by atoms with Crippen molar-refractivity contribution in [1.29, 1.82) is 0 Å². The van der Waals surface area contributed by atoms with Gasteiger partial charge in [-0.3, -0.25) is 0 Å². The van der Waals surface area contributed by atoms with Gasteiger partial charge in [0.05, 0.1) is 0 Å². The molecule has 1 heterocycles. The Morgan fingerprint density at radius 2 is 1.48 bits per heavy atom. The molecular formula is C21H19ClO3. The van der Waals surface area contributed by atoms with Crippen LogP contribution < -0.4 is 5.63 Å². The first-order valence-electron chi connectivity index (χ1n) is 8.00. The lowest BCUT2D eigenvalue weighted by Gasteiger charge is -2.15. The van der Waals surface area contributed by atoms with Crippen LogP contribution in [-0.2, 0) is 0 Å². The van der Waals surface area contributed by atoms with Crippen LogP contribution in [0.15, 0.2) is 45.6 Å². The van der Waals surface area contributed by atoms with Crippen molar-refractivity contribution in [1.82, 2.24) is 0 Å². The minimum atomic E-state index is -0.553. The fourth-order valence-corrected chi connectivity index (χ4v) is 3.41. The molecule has 4 heteroatoms. The van der Waals surface area contributed by atoms with E-state index in [1.165, 1.54) is 0 Å². The molecule has 0 spiro atoms. The zero-order valence-corrected chi connectivity index (χ0v) is 15.4. The molecule has 0 fully saturated rings. The molecule has 0 atom stereocenters. The summed E-state index contributed by atoms with van der Waals surface area (Å²) in [5, 5.41) is 11.4. The molecule has 2 aromatic carbocycles. The fraction of sp³-hybridized carbons (Fsp3) is 0.190. The molecule has 128 valence electrons. The standard InChI is InChI=1S/C21H19ClO3/c1-11-9-12(2)17(13(3)10-11)18-19(23)14(4)20(25-21(18)24)15-5-7-16(22)8-6-15/h5-10,23H,1-4H3. The second-order valence-electron chi connectivity index (χ2n) is 6.35. The van der Waals surface area contributed by atoms with E-state index in [9.17, 15) is 9.90 Å². The summed E-state index contributed by atoms with van der Waals surface area (Å²) >= 11 is 5.91. The van der Waals surface area contributed by atoms with Crippen molar-refractivity contribution >= 4 is 11.6 Å². The van der Waals surface area contributed by atoms with Gasteiger partial charge < -0.3 is 9.52 Å². The molecule has 0 radical (unpaired) electrons. The van der Waals surface area contributed by atoms with E-state index in [4.69, 9.17) is 16.0 Å². The van der Waals surface area contributed by atoms with Crippen molar-refractivity contribution in [2.75, 3.05) is 0 Å². The van der Waals surface area contributed by atoms with Gasteiger partial charge in [-0.2, -0.15) is 0 Å². The van der Waals surface area contributed by atoms with Crippen LogP contribution in [0.1, 0.15) is 22.3 Å². The average molecular weight is 355 g/mol. The first-order chi connectivity index (χ1) is 11.8. The SMILES string of the molecule is Cc1cc(C)c(-c2c(O)c(C)c(-c3ccc(Cl)cc3)oc2=O)c(C)c1. The molecule has 25 heavy (non-hydrogen) atoms. The fourth-order valence-electron chi connectivity index (χ4n) is 3.28. The van der Waals surface area contributed by atoms with E-state index < -0.39 is 5.63 Å². The van der Waals surface area contributed by atoms with Crippen LogP contribution in [0.2, 0.25) is 5.02 Å². The zero-order chi connectivity index (χ0) is 18.3. The Morgan fingerprint density at radius 3 is 2.04 bits per heavy atom. The van der Waals surface area contributed by atoms with Crippen molar-refractivity contribution < 1.29 is 9.52 Å². The van der Waals surface area contributed by atoms with Crippen molar-refractivity contribution in [3.05, 3.63) is 74.1 Å². The first-order valence-corrected chi connectivity index (χ1v) is 8.38. The van der Waals surface area contributed by atoms with Crippen molar-refractivity contribution in [2.24, 2.45) is 0 Å². The normalized spacial score (nSPS) is 10.9. The lowest BCUT2D eigenvalue weighted by molar-refractivity contribution is 0.450. The number of benzene rings is 2. The highest BCUT2D eigenvalue weighted by Gasteiger charge is 2.21. The van der Waals surface area contributed by atoms with Gasteiger partial charge in [0.1, 0.15) is 17.1 Å². The molecule has 0 amide bonds. The van der Waals surface area contributed by atoms with Crippen LogP contribution in [0.25, 0.3) is 22.5 Å². The molecule has 0 saturated heterocycles. The molecule has 1 aromatic heterocycles. The van der Waals surface area contributed by atoms with E-state index in [1.807, 2.05) is 32.9 Å². The number of aromatic hydroxyl groups is 1. The van der Waals surface area contributed by atoms with Crippen LogP contribution in [0.4, 0.5) is 0 Å². The molecule has 0 aliphatic rings. The topological polar surface area (TPSA) is 50.4 Å². The quantitative estimate of drug-likeness (QED) is 0.654. The van der Waals surface area contributed by atoms with Gasteiger partial charge in [-0.1, -0.05) is 29.3 Å². The van der Waals surface area contributed by atoms with Gasteiger partial charge in [-0.25, -0.2) is 4.79 Å². The van der Waals surface area contributed by atoms with Gasteiger partial charge in [-0.15, -0.1) is 0 Å². The van der Waals surface area contributed by atoms with E-state index in [0.29, 0.717) is 21.9 Å². The van der Waals surface area contributed by atoms with Crippen LogP contribution in [0.5, 0.6) is 5.75 Å². The first kappa shape index (κ1) is 17.3. The molecular weight excluding hydrogens is 336 g/mol. The number of aryl methyl sites for hydroxylation is 3. The third-order valence-corrected chi connectivity index (χ3v) is 4.62. The summed E-state index contributed by atoms with van der Waals surface area (Å²) in [6.07, 6.45) is 0. The number of rotatable bonds is 2. The predicted molar refractivity (Wildman–Crippen MR) is 101 cm³/mol. The van der Waals surface area contributed by atoms with E-state index >= 15 is 0 Å². The lowest BCUT2D eigenvalue weighted by atomic mass is 9.93. The lowest BCUT2D eigenvalue weighted by Crippen LogP contribution is -2.08. The van der Waals surface area contributed by atoms with E-state index in [2.05, 4.69) is 0 Å². The summed E-state index contributed by atoms with van der Waals surface area (Å²) in [6, 6.07) is 10.9. The summed E-state index contributed by atoms with van der Waals surface area (Å²) < 4.78 is 5.58. The highest BCUT2D eigenvalue weighted by molar-refractivity contribution is 6.30. The minimum absolute atomic E-state index is 0.0451. The van der Waals surface area contributed by atoms with Gasteiger partial charge in [0.2, 0.25) is 0 Å². The minimum Gasteiger partial charge on any atom is -0.507 e. The molecule has 3 aromatic rings. The molecule has 0 aliphatic heterocycles. The highest BCUT2D eigenvalue weighted by Crippen LogP contribution is 2.38. The maximum Gasteiger partial charge on any atom is 0.348 e. The molecule has 0 aliphatic carbocycles. The summed E-state index contributed by atoms with van der Waals surface area (Å²) in [7, 11) is 0. The van der Waals surface area contributed by atoms with E-state index in [0.717, 1.165) is 22.3 Å².